The van der Waals surface area contributed by atoms with E-state index in [9.17, 15) is 0 Å². The molecule has 0 radical (unpaired) electrons. The van der Waals surface area contributed by atoms with Crippen LogP contribution in [0.4, 0.5) is 5.82 Å². The number of hydrogen-bond acceptors (Lipinski definition) is 4. The zero-order chi connectivity index (χ0) is 11.2. The van der Waals surface area contributed by atoms with E-state index in [0.29, 0.717) is 11.6 Å². The van der Waals surface area contributed by atoms with Crippen molar-refractivity contribution in [1.82, 2.24) is 19.7 Å². The summed E-state index contributed by atoms with van der Waals surface area (Å²) < 4.78 is 1.87. The number of aromatic nitrogens is 4. The van der Waals surface area contributed by atoms with Crippen LogP contribution in [-0.4, -0.2) is 19.7 Å². The van der Waals surface area contributed by atoms with Gasteiger partial charge in [0.25, 0.3) is 0 Å². The molecule has 2 aromatic rings. The minimum Gasteiger partial charge on any atom is -0.383 e. The zero-order valence-corrected chi connectivity index (χ0v) is 9.44. The topological polar surface area (TPSA) is 69.6 Å². The lowest BCUT2D eigenvalue weighted by molar-refractivity contribution is 0.365. The molecule has 2 aromatic heterocycles. The van der Waals surface area contributed by atoms with E-state index < -0.39 is 0 Å². The molecule has 5 nitrogen and oxygen atoms in total. The molecular formula is C10H15N5. The van der Waals surface area contributed by atoms with E-state index in [1.54, 1.807) is 6.20 Å². The summed E-state index contributed by atoms with van der Waals surface area (Å²) >= 11 is 0. The minimum absolute atomic E-state index is 0.102. The maximum atomic E-state index is 5.81. The molecule has 0 aliphatic heterocycles. The van der Waals surface area contributed by atoms with Gasteiger partial charge in [0.15, 0.2) is 5.65 Å². The molecule has 0 aliphatic rings. The summed E-state index contributed by atoms with van der Waals surface area (Å²) in [6.07, 6.45) is 1.72. The third-order valence-corrected chi connectivity index (χ3v) is 2.21. The first-order valence-corrected chi connectivity index (χ1v) is 4.88. The van der Waals surface area contributed by atoms with Gasteiger partial charge in [-0.05, 0) is 27.7 Å². The predicted molar refractivity (Wildman–Crippen MR) is 59.5 cm³/mol. The normalized spacial score (nSPS) is 12.3. The van der Waals surface area contributed by atoms with E-state index in [1.165, 1.54) is 0 Å². The van der Waals surface area contributed by atoms with Gasteiger partial charge in [-0.1, -0.05) is 0 Å². The van der Waals surface area contributed by atoms with Crippen molar-refractivity contribution in [3.05, 3.63) is 12.0 Å². The highest BCUT2D eigenvalue weighted by atomic mass is 15.3. The highest BCUT2D eigenvalue weighted by Crippen LogP contribution is 2.22. The second-order valence-corrected chi connectivity index (χ2v) is 4.62. The average Bonchev–Trinajstić information content (AvgIpc) is 2.45. The number of nitrogens with two attached hydrogens (primary N) is 1. The molecular weight excluding hydrogens is 190 g/mol. The van der Waals surface area contributed by atoms with E-state index in [2.05, 4.69) is 35.8 Å². The second kappa shape index (κ2) is 2.92. The van der Waals surface area contributed by atoms with Gasteiger partial charge < -0.3 is 5.73 Å². The summed E-state index contributed by atoms with van der Waals surface area (Å²) in [6.45, 7) is 8.06. The summed E-state index contributed by atoms with van der Waals surface area (Å²) in [5.74, 6) is 1.17. The van der Waals surface area contributed by atoms with Gasteiger partial charge in [0.1, 0.15) is 11.6 Å². The maximum Gasteiger partial charge on any atom is 0.164 e. The van der Waals surface area contributed by atoms with E-state index >= 15 is 0 Å². The highest BCUT2D eigenvalue weighted by Gasteiger charge is 2.19. The molecule has 0 amide bonds. The van der Waals surface area contributed by atoms with Crippen LogP contribution < -0.4 is 5.73 Å². The van der Waals surface area contributed by atoms with Crippen molar-refractivity contribution in [2.45, 2.75) is 33.2 Å². The number of rotatable bonds is 0. The number of hydrogen-bond donors (Lipinski definition) is 1. The number of fused-ring (bicyclic) bond motifs is 1. The predicted octanol–water partition coefficient (Wildman–Crippen LogP) is 1.47. The van der Waals surface area contributed by atoms with Gasteiger partial charge in [0.2, 0.25) is 0 Å². The summed E-state index contributed by atoms with van der Waals surface area (Å²) in [4.78, 5) is 8.48. The fourth-order valence-electron chi connectivity index (χ4n) is 1.53. The van der Waals surface area contributed by atoms with E-state index in [4.69, 9.17) is 5.73 Å². The number of nitrogen functional groups attached to an aromatic ring is 1. The first kappa shape index (κ1) is 9.89. The molecule has 0 bridgehead atoms. The molecule has 2 N–H and O–H groups in total. The quantitative estimate of drug-likeness (QED) is 0.707. The Morgan fingerprint density at radius 2 is 1.93 bits per heavy atom. The van der Waals surface area contributed by atoms with Crippen molar-refractivity contribution in [3.63, 3.8) is 0 Å². The summed E-state index contributed by atoms with van der Waals surface area (Å²) in [5.41, 5.74) is 6.51. The summed E-state index contributed by atoms with van der Waals surface area (Å²) in [6, 6.07) is 0. The molecule has 0 aliphatic carbocycles. The van der Waals surface area contributed by atoms with Gasteiger partial charge in [-0.15, -0.1) is 0 Å². The van der Waals surface area contributed by atoms with Crippen molar-refractivity contribution in [1.29, 1.82) is 0 Å². The number of anilines is 1. The Bertz CT molecular complexity index is 506. The molecule has 0 saturated heterocycles. The summed E-state index contributed by atoms with van der Waals surface area (Å²) in [5, 5.41) is 5.12. The van der Waals surface area contributed by atoms with Crippen molar-refractivity contribution in [3.8, 4) is 0 Å². The van der Waals surface area contributed by atoms with Crippen LogP contribution in [0.5, 0.6) is 0 Å². The van der Waals surface area contributed by atoms with Gasteiger partial charge in [-0.2, -0.15) is 5.10 Å². The second-order valence-electron chi connectivity index (χ2n) is 4.62. The maximum absolute atomic E-state index is 5.81. The van der Waals surface area contributed by atoms with Crippen LogP contribution >= 0.6 is 0 Å². The SMILES string of the molecule is Cc1nc(N)c2cnn(C(C)(C)C)c2n1. The van der Waals surface area contributed by atoms with Crippen LogP contribution in [0.1, 0.15) is 26.6 Å². The van der Waals surface area contributed by atoms with Crippen LogP contribution in [-0.2, 0) is 5.54 Å². The molecule has 0 fully saturated rings. The van der Waals surface area contributed by atoms with E-state index in [1.807, 2.05) is 11.6 Å². The molecule has 0 aromatic carbocycles. The largest absolute Gasteiger partial charge is 0.383 e. The molecule has 0 saturated carbocycles. The first-order chi connectivity index (χ1) is 6.89. The van der Waals surface area contributed by atoms with Gasteiger partial charge in [0.05, 0.1) is 17.1 Å². The van der Waals surface area contributed by atoms with E-state index in [0.717, 1.165) is 11.0 Å². The molecule has 15 heavy (non-hydrogen) atoms. The average molecular weight is 205 g/mol. The molecule has 5 heteroatoms. The van der Waals surface area contributed by atoms with Crippen LogP contribution in [0.2, 0.25) is 0 Å². The standard InChI is InChI=1S/C10H15N5/c1-6-13-8(11)7-5-12-15(9(7)14-6)10(2,3)4/h5H,1-4H3,(H2,11,13,14). The molecule has 80 valence electrons. The van der Waals surface area contributed by atoms with Crippen molar-refractivity contribution in [2.75, 3.05) is 5.73 Å². The van der Waals surface area contributed by atoms with Crippen LogP contribution in [0, 0.1) is 6.92 Å². The molecule has 2 rings (SSSR count). The van der Waals surface area contributed by atoms with Gasteiger partial charge in [0, 0.05) is 0 Å². The van der Waals surface area contributed by atoms with Crippen molar-refractivity contribution in [2.24, 2.45) is 0 Å². The minimum atomic E-state index is -0.102. The third-order valence-electron chi connectivity index (χ3n) is 2.21. The Hall–Kier alpha value is -1.65. The summed E-state index contributed by atoms with van der Waals surface area (Å²) in [7, 11) is 0. The lowest BCUT2D eigenvalue weighted by atomic mass is 10.1. The Morgan fingerprint density at radius 1 is 1.27 bits per heavy atom. The Kier molecular flexibility index (Phi) is 1.92. The zero-order valence-electron chi connectivity index (χ0n) is 9.44. The Labute approximate surface area is 88.3 Å². The van der Waals surface area contributed by atoms with Crippen LogP contribution in [0.25, 0.3) is 11.0 Å². The molecule has 2 heterocycles. The number of aryl methyl sites for hydroxylation is 1. The fourth-order valence-corrected chi connectivity index (χ4v) is 1.53. The molecule has 0 atom stereocenters. The van der Waals surface area contributed by atoms with Crippen LogP contribution in [0.3, 0.4) is 0 Å². The smallest absolute Gasteiger partial charge is 0.164 e. The van der Waals surface area contributed by atoms with Gasteiger partial charge in [-0.3, -0.25) is 0 Å². The lowest BCUT2D eigenvalue weighted by Gasteiger charge is -2.19. The van der Waals surface area contributed by atoms with Gasteiger partial charge in [-0.25, -0.2) is 14.6 Å². The van der Waals surface area contributed by atoms with Crippen molar-refractivity contribution >= 4 is 16.9 Å². The lowest BCUT2D eigenvalue weighted by Crippen LogP contribution is -2.23. The number of nitrogens with zero attached hydrogens (tertiary/aromatic N) is 4. The monoisotopic (exact) mass is 205 g/mol. The molecule has 0 spiro atoms. The Morgan fingerprint density at radius 3 is 2.53 bits per heavy atom. The van der Waals surface area contributed by atoms with Crippen LogP contribution in [0.15, 0.2) is 6.20 Å². The highest BCUT2D eigenvalue weighted by molar-refractivity contribution is 5.85. The third kappa shape index (κ3) is 1.54. The Balaban J connectivity index is 2.80. The van der Waals surface area contributed by atoms with E-state index in [-0.39, 0.29) is 5.54 Å². The van der Waals surface area contributed by atoms with Gasteiger partial charge >= 0.3 is 0 Å². The molecule has 0 unspecified atom stereocenters. The first-order valence-electron chi connectivity index (χ1n) is 4.88. The fraction of sp³-hybridized carbons (Fsp3) is 0.500. The van der Waals surface area contributed by atoms with Crippen molar-refractivity contribution < 1.29 is 0 Å².